The molecular weight excluding hydrogens is 366 g/mol. The van der Waals surface area contributed by atoms with Crippen LogP contribution in [0.15, 0.2) is 24.3 Å². The Hall–Kier alpha value is -1.83. The van der Waals surface area contributed by atoms with Gasteiger partial charge in [-0.15, -0.1) is 0 Å². The largest absolute Gasteiger partial charge is 0.435 e. The maximum absolute atomic E-state index is 12.4. The highest BCUT2D eigenvalue weighted by molar-refractivity contribution is 5.76. The van der Waals surface area contributed by atoms with Gasteiger partial charge in [0.1, 0.15) is 5.75 Å². The molecule has 8 heteroatoms. The van der Waals surface area contributed by atoms with Crippen LogP contribution >= 0.6 is 0 Å². The number of halogens is 4. The van der Waals surface area contributed by atoms with Gasteiger partial charge in [0.25, 0.3) is 0 Å². The summed E-state index contributed by atoms with van der Waals surface area (Å²) in [4.78, 5) is 12.2. The first-order valence-corrected chi connectivity index (χ1v) is 8.88. The highest BCUT2D eigenvalue weighted by Crippen LogP contribution is 2.46. The first-order chi connectivity index (χ1) is 12.6. The van der Waals surface area contributed by atoms with Gasteiger partial charge >= 0.3 is 13.2 Å². The third-order valence-corrected chi connectivity index (χ3v) is 4.67. The molecule has 0 spiro atoms. The van der Waals surface area contributed by atoms with Gasteiger partial charge in [-0.05, 0) is 48.3 Å². The zero-order valence-corrected chi connectivity index (χ0v) is 15.4. The number of carbonyl (C=O) groups is 1. The molecule has 1 fully saturated rings. The normalized spacial score (nSPS) is 17.6. The van der Waals surface area contributed by atoms with Crippen LogP contribution in [0.3, 0.4) is 0 Å². The lowest BCUT2D eigenvalue weighted by molar-refractivity contribution is -0.139. The fourth-order valence-electron chi connectivity index (χ4n) is 3.61. The minimum Gasteiger partial charge on any atom is -0.435 e. The van der Waals surface area contributed by atoms with Crippen LogP contribution in [0.25, 0.3) is 0 Å². The standard InChI is InChI=1S/C19H25F4NO3/c1-19(2)9-12(10-19)6-7-16(25)24-15(11-26-17(20)21)13-4-3-5-14(8-13)27-18(22)23/h3-5,8,12,15,17-18H,6-7,9-11H2,1-2H3,(H,24,25)/t15-/m0/s1. The average Bonchev–Trinajstić information content (AvgIpc) is 2.54. The van der Waals surface area contributed by atoms with Crippen molar-refractivity contribution in [2.24, 2.45) is 11.3 Å². The molecule has 0 saturated heterocycles. The fraction of sp³-hybridized carbons (Fsp3) is 0.632. The van der Waals surface area contributed by atoms with Crippen molar-refractivity contribution in [2.45, 2.75) is 58.8 Å². The summed E-state index contributed by atoms with van der Waals surface area (Å²) >= 11 is 0. The van der Waals surface area contributed by atoms with E-state index in [2.05, 4.69) is 28.6 Å². The van der Waals surface area contributed by atoms with Crippen molar-refractivity contribution >= 4 is 5.91 Å². The fourth-order valence-corrected chi connectivity index (χ4v) is 3.61. The van der Waals surface area contributed by atoms with Gasteiger partial charge in [-0.3, -0.25) is 4.79 Å². The summed E-state index contributed by atoms with van der Waals surface area (Å²) in [7, 11) is 0. The van der Waals surface area contributed by atoms with Crippen molar-refractivity contribution in [3.05, 3.63) is 29.8 Å². The molecule has 27 heavy (non-hydrogen) atoms. The zero-order chi connectivity index (χ0) is 20.0. The summed E-state index contributed by atoms with van der Waals surface area (Å²) in [6.07, 6.45) is 3.13. The molecule has 1 saturated carbocycles. The van der Waals surface area contributed by atoms with E-state index in [1.807, 2.05) is 0 Å². The van der Waals surface area contributed by atoms with Gasteiger partial charge in [-0.25, -0.2) is 0 Å². The lowest BCUT2D eigenvalue weighted by atomic mass is 9.63. The number of amides is 1. The molecule has 0 unspecified atom stereocenters. The van der Waals surface area contributed by atoms with Crippen molar-refractivity contribution in [1.29, 1.82) is 0 Å². The Balaban J connectivity index is 1.95. The first kappa shape index (κ1) is 21.5. The minimum atomic E-state index is -3.00. The molecule has 1 N–H and O–H groups in total. The van der Waals surface area contributed by atoms with Crippen molar-refractivity contribution in [1.82, 2.24) is 5.32 Å². The molecule has 1 aliphatic carbocycles. The summed E-state index contributed by atoms with van der Waals surface area (Å²) in [5.41, 5.74) is 0.673. The summed E-state index contributed by atoms with van der Waals surface area (Å²) < 4.78 is 58.2. The molecule has 0 bridgehead atoms. The van der Waals surface area contributed by atoms with E-state index in [9.17, 15) is 22.4 Å². The number of ether oxygens (including phenoxy) is 2. The molecule has 0 radical (unpaired) electrons. The van der Waals surface area contributed by atoms with E-state index in [0.29, 0.717) is 16.9 Å². The molecule has 1 atom stereocenters. The number of carbonyl (C=O) groups excluding carboxylic acids is 1. The van der Waals surface area contributed by atoms with Crippen molar-refractivity contribution in [3.63, 3.8) is 0 Å². The molecule has 0 heterocycles. The van der Waals surface area contributed by atoms with Gasteiger partial charge in [0.2, 0.25) is 5.91 Å². The number of hydrogen-bond acceptors (Lipinski definition) is 3. The van der Waals surface area contributed by atoms with E-state index >= 15 is 0 Å². The molecule has 0 aliphatic heterocycles. The summed E-state index contributed by atoms with van der Waals surface area (Å²) in [6.45, 7) is -2.12. The first-order valence-electron chi connectivity index (χ1n) is 8.88. The van der Waals surface area contributed by atoms with Crippen LogP contribution in [-0.2, 0) is 9.53 Å². The van der Waals surface area contributed by atoms with Gasteiger partial charge in [-0.1, -0.05) is 26.0 Å². The Bertz CT molecular complexity index is 617. The lowest BCUT2D eigenvalue weighted by Gasteiger charge is -2.42. The summed E-state index contributed by atoms with van der Waals surface area (Å²) in [6, 6.07) is 4.70. The molecule has 1 aromatic carbocycles. The predicted molar refractivity (Wildman–Crippen MR) is 91.7 cm³/mol. The Morgan fingerprint density at radius 1 is 1.22 bits per heavy atom. The Morgan fingerprint density at radius 3 is 2.52 bits per heavy atom. The zero-order valence-electron chi connectivity index (χ0n) is 15.4. The van der Waals surface area contributed by atoms with Gasteiger partial charge in [0.15, 0.2) is 0 Å². The third-order valence-electron chi connectivity index (χ3n) is 4.67. The van der Waals surface area contributed by atoms with Gasteiger partial charge in [0.05, 0.1) is 12.6 Å². The molecular formula is C19H25F4NO3. The van der Waals surface area contributed by atoms with Crippen LogP contribution in [0, 0.1) is 11.3 Å². The second-order valence-corrected chi connectivity index (χ2v) is 7.64. The van der Waals surface area contributed by atoms with Gasteiger partial charge in [0, 0.05) is 6.42 Å². The third kappa shape index (κ3) is 7.36. The quantitative estimate of drug-likeness (QED) is 0.577. The maximum Gasteiger partial charge on any atom is 0.387 e. The van der Waals surface area contributed by atoms with Crippen molar-refractivity contribution < 1.29 is 31.8 Å². The molecule has 2 rings (SSSR count). The second kappa shape index (κ2) is 9.39. The van der Waals surface area contributed by atoms with Gasteiger partial charge < -0.3 is 14.8 Å². The number of benzene rings is 1. The minimum absolute atomic E-state index is 0.115. The topological polar surface area (TPSA) is 47.6 Å². The molecule has 0 aromatic heterocycles. The Morgan fingerprint density at radius 2 is 1.93 bits per heavy atom. The molecule has 4 nitrogen and oxygen atoms in total. The number of nitrogens with one attached hydrogen (secondary N) is 1. The monoisotopic (exact) mass is 391 g/mol. The molecule has 1 aliphatic rings. The maximum atomic E-state index is 12.4. The number of alkyl halides is 4. The number of hydrogen-bond donors (Lipinski definition) is 1. The van der Waals surface area contributed by atoms with Gasteiger partial charge in [-0.2, -0.15) is 17.6 Å². The van der Waals surface area contributed by atoms with Crippen LogP contribution in [0.2, 0.25) is 0 Å². The average molecular weight is 391 g/mol. The van der Waals surface area contributed by atoms with E-state index in [1.165, 1.54) is 24.3 Å². The highest BCUT2D eigenvalue weighted by Gasteiger charge is 2.35. The Kier molecular flexibility index (Phi) is 7.47. The lowest BCUT2D eigenvalue weighted by Crippen LogP contribution is -2.35. The molecule has 1 aromatic rings. The van der Waals surface area contributed by atoms with E-state index in [-0.39, 0.29) is 18.1 Å². The summed E-state index contributed by atoms with van der Waals surface area (Å²) in [5, 5.41) is 2.65. The Labute approximate surface area is 156 Å². The van der Waals surface area contributed by atoms with E-state index in [0.717, 1.165) is 19.3 Å². The van der Waals surface area contributed by atoms with E-state index in [1.54, 1.807) is 0 Å². The number of rotatable bonds is 10. The van der Waals surface area contributed by atoms with Crippen LogP contribution in [-0.4, -0.2) is 25.7 Å². The van der Waals surface area contributed by atoms with Crippen LogP contribution in [0.4, 0.5) is 17.6 Å². The van der Waals surface area contributed by atoms with E-state index < -0.39 is 25.9 Å². The molecule has 152 valence electrons. The van der Waals surface area contributed by atoms with E-state index in [4.69, 9.17) is 0 Å². The van der Waals surface area contributed by atoms with Crippen LogP contribution in [0.1, 0.15) is 51.1 Å². The van der Waals surface area contributed by atoms with Crippen molar-refractivity contribution in [2.75, 3.05) is 6.61 Å². The smallest absolute Gasteiger partial charge is 0.387 e. The SMILES string of the molecule is CC1(C)CC(CCC(=O)N[C@@H](COC(F)F)c2cccc(OC(F)F)c2)C1. The highest BCUT2D eigenvalue weighted by atomic mass is 19.3. The van der Waals surface area contributed by atoms with Crippen molar-refractivity contribution in [3.8, 4) is 5.75 Å². The van der Waals surface area contributed by atoms with Crippen LogP contribution in [0.5, 0.6) is 5.75 Å². The van der Waals surface area contributed by atoms with Crippen LogP contribution < -0.4 is 10.1 Å². The summed E-state index contributed by atoms with van der Waals surface area (Å²) in [5.74, 6) is 0.0857. The second-order valence-electron chi connectivity index (χ2n) is 7.64. The predicted octanol–water partition coefficient (Wildman–Crippen LogP) is 4.90. The molecule has 1 amide bonds.